The number of nitrogens with zero attached hydrogens (tertiary/aromatic N) is 3. The average Bonchev–Trinajstić information content (AvgIpc) is 2.76. The van der Waals surface area contributed by atoms with E-state index in [0.717, 1.165) is 16.9 Å². The lowest BCUT2D eigenvalue weighted by Crippen LogP contribution is -2.20. The highest BCUT2D eigenvalue weighted by Gasteiger charge is 2.14. The van der Waals surface area contributed by atoms with Gasteiger partial charge in [0.25, 0.3) is 5.56 Å². The van der Waals surface area contributed by atoms with Gasteiger partial charge in [0.1, 0.15) is 0 Å². The van der Waals surface area contributed by atoms with Crippen LogP contribution in [0.1, 0.15) is 5.56 Å². The Morgan fingerprint density at radius 2 is 1.64 bits per heavy atom. The molecule has 0 unspecified atom stereocenters. The van der Waals surface area contributed by atoms with Gasteiger partial charge in [-0.2, -0.15) is 0 Å². The van der Waals surface area contributed by atoms with E-state index >= 15 is 0 Å². The largest absolute Gasteiger partial charge is 0.411 e. The Bertz CT molecular complexity index is 1180. The van der Waals surface area contributed by atoms with Crippen LogP contribution < -0.4 is 5.56 Å². The molecule has 0 aliphatic heterocycles. The molecule has 0 radical (unpaired) electrons. The summed E-state index contributed by atoms with van der Waals surface area (Å²) >= 11 is 0. The monoisotopic (exact) mass is 367 g/mol. The summed E-state index contributed by atoms with van der Waals surface area (Å²) in [6, 6.07) is 24.3. The normalized spacial score (nSPS) is 11.0. The highest BCUT2D eigenvalue weighted by molar-refractivity contribution is 5.90. The van der Waals surface area contributed by atoms with E-state index < -0.39 is 0 Å². The predicted molar refractivity (Wildman–Crippen MR) is 110 cm³/mol. The van der Waals surface area contributed by atoms with Crippen LogP contribution in [-0.2, 0) is 0 Å². The third-order valence-electron chi connectivity index (χ3n) is 4.46. The van der Waals surface area contributed by atoms with Crippen molar-refractivity contribution in [3.63, 3.8) is 0 Å². The van der Waals surface area contributed by atoms with E-state index in [9.17, 15) is 4.79 Å². The lowest BCUT2D eigenvalue weighted by Gasteiger charge is -2.13. The van der Waals surface area contributed by atoms with Crippen molar-refractivity contribution < 1.29 is 5.21 Å². The number of aromatic nitrogens is 2. The Morgan fingerprint density at radius 3 is 2.39 bits per heavy atom. The number of hydrogen-bond acceptors (Lipinski definition) is 4. The first-order chi connectivity index (χ1) is 13.8. The molecule has 4 rings (SSSR count). The number of hydrogen-bond donors (Lipinski definition) is 1. The second kappa shape index (κ2) is 7.72. The molecule has 2 heterocycles. The van der Waals surface area contributed by atoms with Crippen LogP contribution in [0.3, 0.4) is 0 Å². The summed E-state index contributed by atoms with van der Waals surface area (Å²) in [6.07, 6.45) is 4.85. The van der Waals surface area contributed by atoms with E-state index in [-0.39, 0.29) is 5.56 Å². The topological polar surface area (TPSA) is 67.5 Å². The minimum atomic E-state index is -0.162. The lowest BCUT2D eigenvalue weighted by atomic mass is 9.99. The third kappa shape index (κ3) is 3.33. The Kier molecular flexibility index (Phi) is 4.80. The maximum Gasteiger partial charge on any atom is 0.263 e. The molecular formula is C23H17N3O2. The van der Waals surface area contributed by atoms with Crippen LogP contribution in [0, 0.1) is 0 Å². The molecular weight excluding hydrogens is 350 g/mol. The van der Waals surface area contributed by atoms with Crippen LogP contribution in [0.25, 0.3) is 28.1 Å². The number of oxime groups is 1. The number of pyridine rings is 2. The van der Waals surface area contributed by atoms with Crippen LogP contribution in [0.4, 0.5) is 0 Å². The molecule has 136 valence electrons. The van der Waals surface area contributed by atoms with E-state index in [4.69, 9.17) is 5.21 Å². The molecule has 2 aromatic heterocycles. The van der Waals surface area contributed by atoms with Gasteiger partial charge in [0.2, 0.25) is 0 Å². The standard InChI is InChI=1S/C23H17N3O2/c27-23-21(20-11-5-4-8-17(20)15-25-28)14-18(22-12-6-7-13-24-22)16-26(23)19-9-2-1-3-10-19/h1-16,28H/b25-15+. The van der Waals surface area contributed by atoms with Gasteiger partial charge >= 0.3 is 0 Å². The van der Waals surface area contributed by atoms with E-state index in [1.807, 2.05) is 72.8 Å². The first kappa shape index (κ1) is 17.4. The lowest BCUT2D eigenvalue weighted by molar-refractivity contribution is 0.322. The second-order valence-electron chi connectivity index (χ2n) is 6.20. The van der Waals surface area contributed by atoms with E-state index in [2.05, 4.69) is 10.1 Å². The molecule has 5 nitrogen and oxygen atoms in total. The van der Waals surface area contributed by atoms with E-state index in [1.54, 1.807) is 23.0 Å². The van der Waals surface area contributed by atoms with Crippen molar-refractivity contribution in [3.05, 3.63) is 107 Å². The quantitative estimate of drug-likeness (QED) is 0.331. The highest BCUT2D eigenvalue weighted by atomic mass is 16.4. The molecule has 0 saturated carbocycles. The zero-order valence-electron chi connectivity index (χ0n) is 14.9. The molecule has 0 spiro atoms. The van der Waals surface area contributed by atoms with Crippen molar-refractivity contribution in [2.75, 3.05) is 0 Å². The molecule has 0 amide bonds. The SMILES string of the molecule is O=c1c(-c2ccccc2/C=N/O)cc(-c2ccccn2)cn1-c1ccccc1. The molecule has 0 atom stereocenters. The molecule has 28 heavy (non-hydrogen) atoms. The summed E-state index contributed by atoms with van der Waals surface area (Å²) in [5, 5.41) is 12.1. The maximum absolute atomic E-state index is 13.3. The molecule has 0 aliphatic carbocycles. The van der Waals surface area contributed by atoms with Crippen LogP contribution in [0.5, 0.6) is 0 Å². The van der Waals surface area contributed by atoms with Crippen molar-refractivity contribution in [2.24, 2.45) is 5.16 Å². The van der Waals surface area contributed by atoms with Crippen molar-refractivity contribution in [1.29, 1.82) is 0 Å². The summed E-state index contributed by atoms with van der Waals surface area (Å²) in [5.74, 6) is 0. The fourth-order valence-corrected chi connectivity index (χ4v) is 3.15. The van der Waals surface area contributed by atoms with Crippen LogP contribution >= 0.6 is 0 Å². The van der Waals surface area contributed by atoms with Crippen molar-refractivity contribution >= 4 is 6.21 Å². The van der Waals surface area contributed by atoms with Gasteiger partial charge in [-0.25, -0.2) is 0 Å². The van der Waals surface area contributed by atoms with E-state index in [1.165, 1.54) is 6.21 Å². The zero-order valence-corrected chi connectivity index (χ0v) is 14.9. The molecule has 1 N–H and O–H groups in total. The number of benzene rings is 2. The number of rotatable bonds is 4. The highest BCUT2D eigenvalue weighted by Crippen LogP contribution is 2.25. The molecule has 0 saturated heterocycles. The summed E-state index contributed by atoms with van der Waals surface area (Å²) in [6.45, 7) is 0. The summed E-state index contributed by atoms with van der Waals surface area (Å²) in [5.41, 5.74) is 4.02. The van der Waals surface area contributed by atoms with Crippen molar-refractivity contribution in [3.8, 4) is 28.1 Å². The summed E-state index contributed by atoms with van der Waals surface area (Å²) < 4.78 is 1.62. The Morgan fingerprint density at radius 1 is 0.893 bits per heavy atom. The Hall–Kier alpha value is -3.99. The van der Waals surface area contributed by atoms with Gasteiger partial charge in [-0.3, -0.25) is 14.3 Å². The molecule has 4 aromatic rings. The first-order valence-corrected chi connectivity index (χ1v) is 8.78. The summed E-state index contributed by atoms with van der Waals surface area (Å²) in [7, 11) is 0. The molecule has 5 heteroatoms. The second-order valence-corrected chi connectivity index (χ2v) is 6.20. The van der Waals surface area contributed by atoms with Crippen molar-refractivity contribution in [1.82, 2.24) is 9.55 Å². The molecule has 0 bridgehead atoms. The van der Waals surface area contributed by atoms with Gasteiger partial charge < -0.3 is 5.21 Å². The van der Waals surface area contributed by atoms with Crippen LogP contribution in [0.2, 0.25) is 0 Å². The van der Waals surface area contributed by atoms with Crippen LogP contribution in [0.15, 0.2) is 101 Å². The maximum atomic E-state index is 13.3. The average molecular weight is 367 g/mol. The van der Waals surface area contributed by atoms with E-state index in [0.29, 0.717) is 16.7 Å². The minimum absolute atomic E-state index is 0.162. The molecule has 0 aliphatic rings. The summed E-state index contributed by atoms with van der Waals surface area (Å²) in [4.78, 5) is 17.8. The molecule has 0 fully saturated rings. The number of para-hydroxylation sites is 1. The zero-order chi connectivity index (χ0) is 19.3. The fraction of sp³-hybridized carbons (Fsp3) is 0. The smallest absolute Gasteiger partial charge is 0.263 e. The predicted octanol–water partition coefficient (Wildman–Crippen LogP) is 4.37. The Labute approximate surface area is 161 Å². The van der Waals surface area contributed by atoms with Gasteiger partial charge in [-0.1, -0.05) is 53.7 Å². The first-order valence-electron chi connectivity index (χ1n) is 8.78. The Balaban J connectivity index is 2.03. The van der Waals surface area contributed by atoms with Gasteiger partial charge in [0, 0.05) is 34.8 Å². The minimum Gasteiger partial charge on any atom is -0.411 e. The van der Waals surface area contributed by atoms with Gasteiger partial charge in [-0.15, -0.1) is 0 Å². The van der Waals surface area contributed by atoms with Gasteiger partial charge in [0.15, 0.2) is 0 Å². The van der Waals surface area contributed by atoms with Gasteiger partial charge in [0.05, 0.1) is 11.9 Å². The molecule has 2 aromatic carbocycles. The van der Waals surface area contributed by atoms with Gasteiger partial charge in [-0.05, 0) is 35.9 Å². The van der Waals surface area contributed by atoms with Crippen LogP contribution in [-0.4, -0.2) is 21.0 Å². The fourth-order valence-electron chi connectivity index (χ4n) is 3.15. The third-order valence-corrected chi connectivity index (χ3v) is 4.46. The van der Waals surface area contributed by atoms with Crippen molar-refractivity contribution in [2.45, 2.75) is 0 Å².